The van der Waals surface area contributed by atoms with E-state index in [1.807, 2.05) is 6.07 Å². The number of benzene rings is 1. The Hall–Kier alpha value is -2.35. The molecular formula is C14H15NO4. The van der Waals surface area contributed by atoms with Crippen LogP contribution in [0.2, 0.25) is 0 Å². The zero-order valence-electron chi connectivity index (χ0n) is 10.9. The maximum Gasteiger partial charge on any atom is 0.339 e. The Morgan fingerprint density at radius 1 is 1.37 bits per heavy atom. The van der Waals surface area contributed by atoms with E-state index in [1.165, 1.54) is 13.2 Å². The standard InChI is InChI=1S/C14H15NO4/c1-3-19-13(16)7-5-10-4-6-12(14(17)18-2)11(8-10)9-15/h4,6,8H,3,5,7H2,1-2H3. The van der Waals surface area contributed by atoms with Crippen LogP contribution in [-0.2, 0) is 20.7 Å². The number of hydrogen-bond donors (Lipinski definition) is 0. The second kappa shape index (κ2) is 7.17. The fourth-order valence-electron chi connectivity index (χ4n) is 1.61. The van der Waals surface area contributed by atoms with Gasteiger partial charge in [0.2, 0.25) is 0 Å². The quantitative estimate of drug-likeness (QED) is 0.756. The molecular weight excluding hydrogens is 246 g/mol. The van der Waals surface area contributed by atoms with E-state index in [1.54, 1.807) is 19.1 Å². The minimum absolute atomic E-state index is 0.227. The van der Waals surface area contributed by atoms with E-state index in [9.17, 15) is 9.59 Å². The van der Waals surface area contributed by atoms with Crippen molar-refractivity contribution in [2.75, 3.05) is 13.7 Å². The predicted octanol–water partition coefficient (Wildman–Crippen LogP) is 1.84. The Labute approximate surface area is 111 Å². The van der Waals surface area contributed by atoms with Crippen molar-refractivity contribution >= 4 is 11.9 Å². The maximum atomic E-state index is 11.4. The van der Waals surface area contributed by atoms with Gasteiger partial charge in [0.05, 0.1) is 24.8 Å². The molecule has 5 nitrogen and oxygen atoms in total. The van der Waals surface area contributed by atoms with E-state index in [2.05, 4.69) is 4.74 Å². The second-order valence-electron chi connectivity index (χ2n) is 3.79. The van der Waals surface area contributed by atoms with Crippen LogP contribution in [0, 0.1) is 11.3 Å². The van der Waals surface area contributed by atoms with Gasteiger partial charge in [0.25, 0.3) is 0 Å². The van der Waals surface area contributed by atoms with Gasteiger partial charge in [-0.05, 0) is 31.0 Å². The normalized spacial score (nSPS) is 9.53. The van der Waals surface area contributed by atoms with Crippen molar-refractivity contribution in [3.63, 3.8) is 0 Å². The molecule has 0 saturated carbocycles. The summed E-state index contributed by atoms with van der Waals surface area (Å²) in [6.07, 6.45) is 0.714. The fourth-order valence-corrected chi connectivity index (χ4v) is 1.61. The van der Waals surface area contributed by atoms with E-state index in [-0.39, 0.29) is 23.5 Å². The van der Waals surface area contributed by atoms with Crippen molar-refractivity contribution in [1.82, 2.24) is 0 Å². The van der Waals surface area contributed by atoms with Crippen molar-refractivity contribution in [1.29, 1.82) is 5.26 Å². The zero-order valence-corrected chi connectivity index (χ0v) is 10.9. The van der Waals surface area contributed by atoms with Gasteiger partial charge in [-0.1, -0.05) is 6.07 Å². The van der Waals surface area contributed by atoms with E-state index >= 15 is 0 Å². The number of aryl methyl sites for hydroxylation is 1. The van der Waals surface area contributed by atoms with Crippen molar-refractivity contribution in [2.45, 2.75) is 19.8 Å². The Morgan fingerprint density at radius 3 is 2.68 bits per heavy atom. The summed E-state index contributed by atoms with van der Waals surface area (Å²) in [5, 5.41) is 9.00. The van der Waals surface area contributed by atoms with Crippen molar-refractivity contribution in [3.8, 4) is 6.07 Å². The van der Waals surface area contributed by atoms with Crippen molar-refractivity contribution in [3.05, 3.63) is 34.9 Å². The summed E-state index contributed by atoms with van der Waals surface area (Å²) >= 11 is 0. The third-order valence-electron chi connectivity index (χ3n) is 2.53. The van der Waals surface area contributed by atoms with E-state index in [0.717, 1.165) is 5.56 Å². The highest BCUT2D eigenvalue weighted by Crippen LogP contribution is 2.14. The summed E-state index contributed by atoms with van der Waals surface area (Å²) < 4.78 is 9.41. The third-order valence-corrected chi connectivity index (χ3v) is 2.53. The minimum atomic E-state index is -0.548. The minimum Gasteiger partial charge on any atom is -0.466 e. The van der Waals surface area contributed by atoms with Gasteiger partial charge in [-0.15, -0.1) is 0 Å². The predicted molar refractivity (Wildman–Crippen MR) is 67.5 cm³/mol. The third kappa shape index (κ3) is 4.11. The first-order valence-electron chi connectivity index (χ1n) is 5.89. The molecule has 0 spiro atoms. The Bertz CT molecular complexity index is 517. The topological polar surface area (TPSA) is 76.4 Å². The molecule has 0 heterocycles. The monoisotopic (exact) mass is 261 g/mol. The number of methoxy groups -OCH3 is 1. The molecule has 1 aromatic rings. The molecule has 0 saturated heterocycles. The fraction of sp³-hybridized carbons (Fsp3) is 0.357. The smallest absolute Gasteiger partial charge is 0.339 e. The van der Waals surface area contributed by atoms with Gasteiger partial charge >= 0.3 is 11.9 Å². The lowest BCUT2D eigenvalue weighted by atomic mass is 10.0. The van der Waals surface area contributed by atoms with Crippen LogP contribution < -0.4 is 0 Å². The molecule has 0 aromatic heterocycles. The lowest BCUT2D eigenvalue weighted by Gasteiger charge is -2.05. The van der Waals surface area contributed by atoms with Crippen LogP contribution in [0.25, 0.3) is 0 Å². The lowest BCUT2D eigenvalue weighted by Crippen LogP contribution is -2.07. The number of rotatable bonds is 5. The molecule has 0 amide bonds. The molecule has 0 atom stereocenters. The highest BCUT2D eigenvalue weighted by atomic mass is 16.5. The number of esters is 2. The van der Waals surface area contributed by atoms with Crippen LogP contribution in [0.3, 0.4) is 0 Å². The average Bonchev–Trinajstić information content (AvgIpc) is 2.44. The van der Waals surface area contributed by atoms with Crippen LogP contribution in [0.1, 0.15) is 34.8 Å². The van der Waals surface area contributed by atoms with Crippen LogP contribution in [0.15, 0.2) is 18.2 Å². The molecule has 5 heteroatoms. The molecule has 0 aliphatic rings. The number of carbonyl (C=O) groups excluding carboxylic acids is 2. The molecule has 0 fully saturated rings. The molecule has 100 valence electrons. The molecule has 0 N–H and O–H groups in total. The van der Waals surface area contributed by atoms with Gasteiger partial charge in [0.15, 0.2) is 0 Å². The summed E-state index contributed by atoms with van der Waals surface area (Å²) in [6.45, 7) is 2.10. The molecule has 0 unspecified atom stereocenters. The largest absolute Gasteiger partial charge is 0.466 e. The zero-order chi connectivity index (χ0) is 14.3. The first kappa shape index (κ1) is 14.7. The second-order valence-corrected chi connectivity index (χ2v) is 3.79. The first-order valence-corrected chi connectivity index (χ1v) is 5.89. The summed E-state index contributed by atoms with van der Waals surface area (Å²) in [6, 6.07) is 6.77. The van der Waals surface area contributed by atoms with Gasteiger partial charge in [-0.3, -0.25) is 4.79 Å². The van der Waals surface area contributed by atoms with Gasteiger partial charge in [0.1, 0.15) is 6.07 Å². The molecule has 0 aliphatic heterocycles. The summed E-state index contributed by atoms with van der Waals surface area (Å²) in [7, 11) is 1.26. The van der Waals surface area contributed by atoms with Crippen LogP contribution in [0.5, 0.6) is 0 Å². The number of ether oxygens (including phenoxy) is 2. The van der Waals surface area contributed by atoms with E-state index in [4.69, 9.17) is 10.00 Å². The van der Waals surface area contributed by atoms with Crippen LogP contribution >= 0.6 is 0 Å². The average molecular weight is 261 g/mol. The number of nitriles is 1. The van der Waals surface area contributed by atoms with Gasteiger partial charge in [0, 0.05) is 6.42 Å². The van der Waals surface area contributed by atoms with E-state index in [0.29, 0.717) is 13.0 Å². The highest BCUT2D eigenvalue weighted by Gasteiger charge is 2.12. The Balaban J connectivity index is 2.81. The molecule has 19 heavy (non-hydrogen) atoms. The molecule has 0 aliphatic carbocycles. The van der Waals surface area contributed by atoms with Crippen LogP contribution in [0.4, 0.5) is 0 Å². The van der Waals surface area contributed by atoms with Crippen LogP contribution in [-0.4, -0.2) is 25.7 Å². The number of nitrogens with zero attached hydrogens (tertiary/aromatic N) is 1. The van der Waals surface area contributed by atoms with E-state index < -0.39 is 5.97 Å². The van der Waals surface area contributed by atoms with Gasteiger partial charge in [-0.25, -0.2) is 4.79 Å². The maximum absolute atomic E-state index is 11.4. The SMILES string of the molecule is CCOC(=O)CCc1ccc(C(=O)OC)c(C#N)c1. The van der Waals surface area contributed by atoms with Crippen molar-refractivity contribution < 1.29 is 19.1 Å². The highest BCUT2D eigenvalue weighted by molar-refractivity contribution is 5.92. The van der Waals surface area contributed by atoms with Gasteiger partial charge in [-0.2, -0.15) is 5.26 Å². The Kier molecular flexibility index (Phi) is 5.55. The molecule has 1 aromatic carbocycles. The lowest BCUT2D eigenvalue weighted by molar-refractivity contribution is -0.143. The molecule has 1 rings (SSSR count). The first-order chi connectivity index (χ1) is 9.12. The Morgan fingerprint density at radius 2 is 2.11 bits per heavy atom. The molecule has 0 radical (unpaired) electrons. The summed E-state index contributed by atoms with van der Waals surface area (Å²) in [5.41, 5.74) is 1.27. The number of hydrogen-bond acceptors (Lipinski definition) is 5. The van der Waals surface area contributed by atoms with Crippen molar-refractivity contribution in [2.24, 2.45) is 0 Å². The summed E-state index contributed by atoms with van der Waals surface area (Å²) in [5.74, 6) is -0.827. The van der Waals surface area contributed by atoms with Gasteiger partial charge < -0.3 is 9.47 Å². The number of carbonyl (C=O) groups is 2. The summed E-state index contributed by atoms with van der Waals surface area (Å²) in [4.78, 5) is 22.6. The molecule has 0 bridgehead atoms.